The summed E-state index contributed by atoms with van der Waals surface area (Å²) in [5.74, 6) is 0.197. The normalized spacial score (nSPS) is 10.9. The molecule has 0 aliphatic carbocycles. The maximum atomic E-state index is 11.7. The van der Waals surface area contributed by atoms with Crippen LogP contribution in [0.25, 0.3) is 10.8 Å². The second kappa shape index (κ2) is 5.45. The van der Waals surface area contributed by atoms with Gasteiger partial charge in [-0.1, -0.05) is 25.4 Å². The Balaban J connectivity index is 2.37. The van der Waals surface area contributed by atoms with E-state index in [0.717, 1.165) is 5.39 Å². The molecule has 0 bridgehead atoms. The van der Waals surface area contributed by atoms with Crippen LogP contribution in [0.1, 0.15) is 20.3 Å². The summed E-state index contributed by atoms with van der Waals surface area (Å²) in [5.41, 5.74) is 0.338. The first-order valence-electron chi connectivity index (χ1n) is 6.08. The zero-order chi connectivity index (χ0) is 14.0. The van der Waals surface area contributed by atoms with Crippen LogP contribution in [0, 0.1) is 5.92 Å². The van der Waals surface area contributed by atoms with Gasteiger partial charge in [0.15, 0.2) is 0 Å². The number of hydrogen-bond acceptors (Lipinski definition) is 2. The van der Waals surface area contributed by atoms with Crippen molar-refractivity contribution in [2.75, 3.05) is 5.32 Å². The zero-order valence-electron chi connectivity index (χ0n) is 10.8. The van der Waals surface area contributed by atoms with Crippen molar-refractivity contribution in [2.24, 2.45) is 5.92 Å². The number of benzene rings is 1. The molecule has 4 nitrogen and oxygen atoms in total. The quantitative estimate of drug-likeness (QED) is 0.906. The zero-order valence-corrected chi connectivity index (χ0v) is 11.5. The fourth-order valence-electron chi connectivity index (χ4n) is 1.88. The van der Waals surface area contributed by atoms with Crippen LogP contribution < -0.4 is 10.9 Å². The minimum absolute atomic E-state index is 0.0823. The highest BCUT2D eigenvalue weighted by molar-refractivity contribution is 6.34. The van der Waals surface area contributed by atoms with E-state index in [4.69, 9.17) is 11.6 Å². The molecule has 2 aromatic rings. The Kier molecular flexibility index (Phi) is 3.90. The van der Waals surface area contributed by atoms with Crippen molar-refractivity contribution < 1.29 is 4.79 Å². The van der Waals surface area contributed by atoms with Crippen LogP contribution in [0.15, 0.2) is 29.2 Å². The van der Waals surface area contributed by atoms with Gasteiger partial charge in [0, 0.05) is 18.0 Å². The van der Waals surface area contributed by atoms with Gasteiger partial charge < -0.3 is 10.3 Å². The molecule has 0 saturated carbocycles. The highest BCUT2D eigenvalue weighted by Gasteiger charge is 2.10. The lowest BCUT2D eigenvalue weighted by atomic mass is 10.1. The van der Waals surface area contributed by atoms with Gasteiger partial charge in [0.05, 0.1) is 10.7 Å². The molecular formula is C14H15ClN2O2. The van der Waals surface area contributed by atoms with Gasteiger partial charge in [-0.05, 0) is 29.5 Å². The lowest BCUT2D eigenvalue weighted by molar-refractivity contribution is -0.116. The number of carbonyl (C=O) groups is 1. The molecule has 0 fully saturated rings. The number of fused-ring (bicyclic) bond motifs is 1. The third-order valence-corrected chi connectivity index (χ3v) is 3.04. The summed E-state index contributed by atoms with van der Waals surface area (Å²) in [6, 6.07) is 5.05. The number of aromatic amines is 1. The van der Waals surface area contributed by atoms with E-state index in [2.05, 4.69) is 10.3 Å². The number of anilines is 1. The number of amides is 1. The predicted molar refractivity (Wildman–Crippen MR) is 77.7 cm³/mol. The van der Waals surface area contributed by atoms with Gasteiger partial charge in [0.1, 0.15) is 0 Å². The first-order chi connectivity index (χ1) is 8.97. The molecule has 2 N–H and O–H groups in total. The van der Waals surface area contributed by atoms with Gasteiger partial charge in [-0.3, -0.25) is 9.59 Å². The van der Waals surface area contributed by atoms with E-state index in [1.54, 1.807) is 24.4 Å². The minimum Gasteiger partial charge on any atom is -0.329 e. The summed E-state index contributed by atoms with van der Waals surface area (Å²) in [5, 5.41) is 4.38. The average molecular weight is 279 g/mol. The van der Waals surface area contributed by atoms with Crippen molar-refractivity contribution in [1.82, 2.24) is 4.98 Å². The van der Waals surface area contributed by atoms with E-state index < -0.39 is 0 Å². The molecular weight excluding hydrogens is 264 g/mol. The Labute approximate surface area is 115 Å². The average Bonchev–Trinajstić information content (AvgIpc) is 2.30. The molecule has 1 aromatic heterocycles. The van der Waals surface area contributed by atoms with E-state index in [1.807, 2.05) is 13.8 Å². The highest BCUT2D eigenvalue weighted by atomic mass is 35.5. The number of hydrogen-bond donors (Lipinski definition) is 2. The molecule has 2 rings (SSSR count). The van der Waals surface area contributed by atoms with Gasteiger partial charge >= 0.3 is 0 Å². The van der Waals surface area contributed by atoms with Crippen LogP contribution in [0.5, 0.6) is 0 Å². The van der Waals surface area contributed by atoms with Crippen molar-refractivity contribution in [3.63, 3.8) is 0 Å². The highest BCUT2D eigenvalue weighted by Crippen LogP contribution is 2.26. The molecule has 0 aliphatic heterocycles. The monoisotopic (exact) mass is 278 g/mol. The molecule has 0 saturated heterocycles. The van der Waals surface area contributed by atoms with Gasteiger partial charge in [0.2, 0.25) is 5.91 Å². The number of aromatic nitrogens is 1. The molecule has 0 unspecified atom stereocenters. The van der Waals surface area contributed by atoms with Crippen LogP contribution in [-0.2, 0) is 4.79 Å². The number of carbonyl (C=O) groups excluding carboxylic acids is 1. The fraction of sp³-hybridized carbons (Fsp3) is 0.286. The maximum absolute atomic E-state index is 11.7. The summed E-state index contributed by atoms with van der Waals surface area (Å²) < 4.78 is 0. The second-order valence-electron chi connectivity index (χ2n) is 4.87. The molecule has 1 heterocycles. The number of pyridine rings is 1. The summed E-state index contributed by atoms with van der Waals surface area (Å²) >= 11 is 6.09. The first-order valence-corrected chi connectivity index (χ1v) is 6.46. The second-order valence-corrected chi connectivity index (χ2v) is 5.28. The molecule has 1 amide bonds. The fourth-order valence-corrected chi connectivity index (χ4v) is 2.09. The van der Waals surface area contributed by atoms with Crippen molar-refractivity contribution in [1.29, 1.82) is 0 Å². The third kappa shape index (κ3) is 3.15. The molecule has 0 spiro atoms. The molecule has 100 valence electrons. The number of halogens is 1. The van der Waals surface area contributed by atoms with Crippen LogP contribution in [0.4, 0.5) is 5.69 Å². The van der Waals surface area contributed by atoms with Crippen molar-refractivity contribution in [2.45, 2.75) is 20.3 Å². The Morgan fingerprint density at radius 2 is 2.16 bits per heavy atom. The van der Waals surface area contributed by atoms with E-state index in [0.29, 0.717) is 22.5 Å². The van der Waals surface area contributed by atoms with E-state index in [9.17, 15) is 9.59 Å². The summed E-state index contributed by atoms with van der Waals surface area (Å²) in [6.07, 6.45) is 2.00. The summed E-state index contributed by atoms with van der Waals surface area (Å²) in [7, 11) is 0. The van der Waals surface area contributed by atoms with Crippen LogP contribution in [0.3, 0.4) is 0 Å². The van der Waals surface area contributed by atoms with Gasteiger partial charge in [-0.25, -0.2) is 0 Å². The Hall–Kier alpha value is -1.81. The Bertz CT molecular complexity index is 677. The largest absolute Gasteiger partial charge is 0.329 e. The summed E-state index contributed by atoms with van der Waals surface area (Å²) in [6.45, 7) is 3.95. The van der Waals surface area contributed by atoms with Crippen molar-refractivity contribution in [3.8, 4) is 0 Å². The molecule has 5 heteroatoms. The van der Waals surface area contributed by atoms with Crippen LogP contribution in [0.2, 0.25) is 5.02 Å². The predicted octanol–water partition coefficient (Wildman–Crippen LogP) is 3.17. The molecule has 0 aliphatic rings. The standard InChI is InChI=1S/C14H15ClN2O2/c1-8(2)5-13(18)17-12-6-9-3-4-16-14(19)10(9)7-11(12)15/h3-4,6-8H,5H2,1-2H3,(H,16,19)(H,17,18). The van der Waals surface area contributed by atoms with Gasteiger partial charge in [-0.2, -0.15) is 0 Å². The number of nitrogens with one attached hydrogen (secondary N) is 2. The van der Waals surface area contributed by atoms with Crippen LogP contribution in [-0.4, -0.2) is 10.9 Å². The lowest BCUT2D eigenvalue weighted by Gasteiger charge is -2.10. The lowest BCUT2D eigenvalue weighted by Crippen LogP contribution is -2.14. The van der Waals surface area contributed by atoms with Gasteiger partial charge in [0.25, 0.3) is 5.56 Å². The Morgan fingerprint density at radius 3 is 2.84 bits per heavy atom. The molecule has 0 atom stereocenters. The maximum Gasteiger partial charge on any atom is 0.255 e. The van der Waals surface area contributed by atoms with Crippen LogP contribution >= 0.6 is 11.6 Å². The van der Waals surface area contributed by atoms with E-state index >= 15 is 0 Å². The SMILES string of the molecule is CC(C)CC(=O)Nc1cc2cc[nH]c(=O)c2cc1Cl. The molecule has 0 radical (unpaired) electrons. The Morgan fingerprint density at radius 1 is 1.42 bits per heavy atom. The number of rotatable bonds is 3. The third-order valence-electron chi connectivity index (χ3n) is 2.73. The van der Waals surface area contributed by atoms with Crippen molar-refractivity contribution in [3.05, 3.63) is 39.8 Å². The summed E-state index contributed by atoms with van der Waals surface area (Å²) in [4.78, 5) is 25.9. The topological polar surface area (TPSA) is 62.0 Å². The van der Waals surface area contributed by atoms with Crippen molar-refractivity contribution >= 4 is 34.0 Å². The smallest absolute Gasteiger partial charge is 0.255 e. The first kappa shape index (κ1) is 13.6. The molecule has 1 aromatic carbocycles. The van der Waals surface area contributed by atoms with E-state index in [-0.39, 0.29) is 17.4 Å². The molecule has 19 heavy (non-hydrogen) atoms. The number of H-pyrrole nitrogens is 1. The van der Waals surface area contributed by atoms with E-state index in [1.165, 1.54) is 0 Å². The minimum atomic E-state index is -0.195. The van der Waals surface area contributed by atoms with Gasteiger partial charge in [-0.15, -0.1) is 0 Å².